The second-order valence-electron chi connectivity index (χ2n) is 5.40. The Hall–Kier alpha value is -2.70. The first-order chi connectivity index (χ1) is 12.0. The van der Waals surface area contributed by atoms with Gasteiger partial charge in [-0.3, -0.25) is 9.20 Å². The Morgan fingerprint density at radius 3 is 2.56 bits per heavy atom. The highest BCUT2D eigenvalue weighted by Crippen LogP contribution is 2.38. The lowest BCUT2D eigenvalue weighted by Crippen LogP contribution is -2.17. The lowest BCUT2D eigenvalue weighted by atomic mass is 10.1. The Morgan fingerprint density at radius 2 is 1.88 bits per heavy atom. The topological polar surface area (TPSA) is 58.8 Å². The van der Waals surface area contributed by atoms with Crippen LogP contribution in [0.15, 0.2) is 53.3 Å². The van der Waals surface area contributed by atoms with E-state index in [1.165, 1.54) is 12.1 Å². The van der Waals surface area contributed by atoms with Crippen LogP contribution in [0.2, 0.25) is 4.34 Å². The molecular weight excluding hydrogens is 365 g/mol. The molecule has 0 bridgehead atoms. The summed E-state index contributed by atoms with van der Waals surface area (Å²) < 4.78 is 15.6. The van der Waals surface area contributed by atoms with Gasteiger partial charge in [-0.1, -0.05) is 41.9 Å². The molecule has 2 aromatic carbocycles. The molecule has 0 saturated heterocycles. The van der Waals surface area contributed by atoms with Gasteiger partial charge < -0.3 is 5.11 Å². The van der Waals surface area contributed by atoms with Crippen molar-refractivity contribution in [2.75, 3.05) is 0 Å². The first kappa shape index (κ1) is 15.8. The number of halogens is 2. The van der Waals surface area contributed by atoms with Crippen molar-refractivity contribution in [3.63, 3.8) is 0 Å². The van der Waals surface area contributed by atoms with E-state index in [4.69, 9.17) is 11.6 Å². The van der Waals surface area contributed by atoms with Gasteiger partial charge in [0.1, 0.15) is 20.5 Å². The smallest absolute Gasteiger partial charge is 0.342 e. The van der Waals surface area contributed by atoms with Crippen LogP contribution in [0.5, 0.6) is 0 Å². The van der Waals surface area contributed by atoms with Crippen LogP contribution in [-0.2, 0) is 0 Å². The number of hydrogen-bond donors (Lipinski definition) is 1. The molecular formula is C18H9ClFNO3S. The molecule has 7 heteroatoms. The van der Waals surface area contributed by atoms with Crippen LogP contribution in [0.25, 0.3) is 27.0 Å². The van der Waals surface area contributed by atoms with E-state index in [-0.39, 0.29) is 10.2 Å². The molecule has 2 aromatic heterocycles. The molecule has 0 saturated carbocycles. The average molecular weight is 374 g/mol. The molecule has 124 valence electrons. The van der Waals surface area contributed by atoms with Crippen LogP contribution in [-0.4, -0.2) is 15.5 Å². The number of thiazole rings is 1. The van der Waals surface area contributed by atoms with E-state index in [2.05, 4.69) is 0 Å². The minimum absolute atomic E-state index is 0.00143. The van der Waals surface area contributed by atoms with Gasteiger partial charge >= 0.3 is 5.97 Å². The van der Waals surface area contributed by atoms with E-state index in [0.29, 0.717) is 15.5 Å². The van der Waals surface area contributed by atoms with E-state index in [0.717, 1.165) is 23.0 Å². The Labute approximate surface area is 149 Å². The number of nitrogens with zero attached hydrogens (tertiary/aromatic N) is 1. The van der Waals surface area contributed by atoms with Crippen molar-refractivity contribution in [2.45, 2.75) is 0 Å². The number of rotatable bonds is 2. The summed E-state index contributed by atoms with van der Waals surface area (Å²) in [5.74, 6) is -1.98. The van der Waals surface area contributed by atoms with E-state index in [1.54, 1.807) is 4.40 Å². The summed E-state index contributed by atoms with van der Waals surface area (Å²) in [6.07, 6.45) is 0. The van der Waals surface area contributed by atoms with Gasteiger partial charge in [-0.2, -0.15) is 0 Å². The normalized spacial score (nSPS) is 11.3. The number of aromatic nitrogens is 1. The minimum Gasteiger partial charge on any atom is -0.477 e. The number of benzene rings is 2. The second kappa shape index (κ2) is 5.68. The SMILES string of the molecule is O=C(O)c1c(=O)c2cc(F)ccc2n2c(-c3ccccc3)c(Cl)sc12. The molecule has 25 heavy (non-hydrogen) atoms. The maximum atomic E-state index is 13.7. The van der Waals surface area contributed by atoms with Gasteiger partial charge in [-0.15, -0.1) is 11.3 Å². The summed E-state index contributed by atoms with van der Waals surface area (Å²) in [5.41, 5.74) is 0.617. The standard InChI is InChI=1S/C18H9ClFNO3S/c19-16-14(9-4-2-1-3-5-9)21-12-7-6-10(20)8-11(12)15(22)13(18(23)24)17(21)25-16/h1-8H,(H,23,24). The lowest BCUT2D eigenvalue weighted by Gasteiger charge is -2.09. The van der Waals surface area contributed by atoms with Gasteiger partial charge in [-0.05, 0) is 18.2 Å². The van der Waals surface area contributed by atoms with Crippen LogP contribution in [0.4, 0.5) is 4.39 Å². The molecule has 1 N–H and O–H groups in total. The maximum absolute atomic E-state index is 13.7. The zero-order valence-electron chi connectivity index (χ0n) is 12.5. The first-order valence-electron chi connectivity index (χ1n) is 7.24. The van der Waals surface area contributed by atoms with E-state index < -0.39 is 22.8 Å². The molecule has 0 amide bonds. The summed E-state index contributed by atoms with van der Waals surface area (Å²) >= 11 is 7.41. The molecule has 4 aromatic rings. The minimum atomic E-state index is -1.37. The number of carbonyl (C=O) groups is 1. The van der Waals surface area contributed by atoms with Crippen LogP contribution < -0.4 is 5.43 Å². The van der Waals surface area contributed by atoms with Crippen molar-refractivity contribution in [3.05, 3.63) is 74.5 Å². The van der Waals surface area contributed by atoms with Gasteiger partial charge in [0.2, 0.25) is 5.43 Å². The van der Waals surface area contributed by atoms with Crippen molar-refractivity contribution in [1.29, 1.82) is 0 Å². The maximum Gasteiger partial charge on any atom is 0.342 e. The van der Waals surface area contributed by atoms with Gasteiger partial charge in [0, 0.05) is 10.9 Å². The fourth-order valence-corrected chi connectivity index (χ4v) is 4.36. The molecule has 0 unspecified atom stereocenters. The van der Waals surface area contributed by atoms with E-state index >= 15 is 0 Å². The van der Waals surface area contributed by atoms with Gasteiger partial charge in [0.15, 0.2) is 0 Å². The summed E-state index contributed by atoms with van der Waals surface area (Å²) in [7, 11) is 0. The Kier molecular flexibility index (Phi) is 3.59. The van der Waals surface area contributed by atoms with Crippen molar-refractivity contribution in [1.82, 2.24) is 4.40 Å². The number of hydrogen-bond acceptors (Lipinski definition) is 3. The molecule has 0 aliphatic heterocycles. The van der Waals surface area contributed by atoms with E-state index in [1.807, 2.05) is 30.3 Å². The fraction of sp³-hybridized carbons (Fsp3) is 0. The summed E-state index contributed by atoms with van der Waals surface area (Å²) in [5, 5.41) is 9.52. The molecule has 0 aliphatic rings. The molecule has 4 nitrogen and oxygen atoms in total. The zero-order chi connectivity index (χ0) is 17.7. The van der Waals surface area contributed by atoms with Crippen molar-refractivity contribution in [3.8, 4) is 11.3 Å². The largest absolute Gasteiger partial charge is 0.477 e. The van der Waals surface area contributed by atoms with Gasteiger partial charge in [0.05, 0.1) is 11.2 Å². The van der Waals surface area contributed by atoms with Crippen molar-refractivity contribution >= 4 is 44.6 Å². The van der Waals surface area contributed by atoms with Gasteiger partial charge in [-0.25, -0.2) is 9.18 Å². The quantitative estimate of drug-likeness (QED) is 0.555. The number of carboxylic acid groups (broad SMARTS) is 1. The summed E-state index contributed by atoms with van der Waals surface area (Å²) in [6, 6.07) is 12.9. The van der Waals surface area contributed by atoms with Crippen LogP contribution in [0.1, 0.15) is 10.4 Å². The van der Waals surface area contributed by atoms with Crippen LogP contribution in [0.3, 0.4) is 0 Å². The number of pyridine rings is 1. The number of carboxylic acids is 1. The third-order valence-corrected chi connectivity index (χ3v) is 5.31. The predicted octanol–water partition coefficient (Wildman–Crippen LogP) is 4.67. The molecule has 0 fully saturated rings. The highest BCUT2D eigenvalue weighted by atomic mass is 35.5. The third-order valence-electron chi connectivity index (χ3n) is 3.95. The lowest BCUT2D eigenvalue weighted by molar-refractivity contribution is 0.0697. The highest BCUT2D eigenvalue weighted by Gasteiger charge is 2.24. The van der Waals surface area contributed by atoms with Crippen molar-refractivity contribution in [2.24, 2.45) is 0 Å². The molecule has 0 spiro atoms. The summed E-state index contributed by atoms with van der Waals surface area (Å²) in [4.78, 5) is 24.5. The molecule has 0 atom stereocenters. The Balaban J connectivity index is 2.31. The van der Waals surface area contributed by atoms with Crippen molar-refractivity contribution < 1.29 is 14.3 Å². The molecule has 2 heterocycles. The van der Waals surface area contributed by atoms with Gasteiger partial charge in [0.25, 0.3) is 0 Å². The Bertz CT molecular complexity index is 1210. The third kappa shape index (κ3) is 2.33. The zero-order valence-corrected chi connectivity index (χ0v) is 14.1. The molecule has 0 radical (unpaired) electrons. The monoisotopic (exact) mass is 373 g/mol. The van der Waals surface area contributed by atoms with Crippen LogP contribution >= 0.6 is 22.9 Å². The second-order valence-corrected chi connectivity index (χ2v) is 7.00. The first-order valence-corrected chi connectivity index (χ1v) is 8.43. The summed E-state index contributed by atoms with van der Waals surface area (Å²) in [6.45, 7) is 0. The van der Waals surface area contributed by atoms with E-state index in [9.17, 15) is 19.1 Å². The predicted molar refractivity (Wildman–Crippen MR) is 96.4 cm³/mol. The van der Waals surface area contributed by atoms with Crippen LogP contribution in [0, 0.1) is 5.82 Å². The molecule has 4 rings (SSSR count). The molecule has 0 aliphatic carbocycles. The number of aromatic carboxylic acids is 1. The highest BCUT2D eigenvalue weighted by molar-refractivity contribution is 7.22. The fourth-order valence-electron chi connectivity index (χ4n) is 2.91. The Morgan fingerprint density at radius 1 is 1.16 bits per heavy atom. The average Bonchev–Trinajstić information content (AvgIpc) is 2.92. The number of fused-ring (bicyclic) bond motifs is 3.